The Morgan fingerprint density at radius 1 is 1.10 bits per heavy atom. The Morgan fingerprint density at radius 2 is 1.70 bits per heavy atom. The van der Waals surface area contributed by atoms with Crippen LogP contribution in [0.15, 0.2) is 29.3 Å². The fourth-order valence-electron chi connectivity index (χ4n) is 3.21. The zero-order valence-corrected chi connectivity index (χ0v) is 17.0. The van der Waals surface area contributed by atoms with Gasteiger partial charge in [-0.25, -0.2) is 23.1 Å². The molecule has 1 aromatic heterocycles. The minimum absolute atomic E-state index is 0.220. The Bertz CT molecular complexity index is 1050. The summed E-state index contributed by atoms with van der Waals surface area (Å²) >= 11 is 0. The number of hydrogen-bond acceptors (Lipinski definition) is 9. The summed E-state index contributed by atoms with van der Waals surface area (Å²) in [5.74, 6) is 0.915. The molecule has 0 aliphatic carbocycles. The zero-order chi connectivity index (χ0) is 21.9. The monoisotopic (exact) mass is 436 g/mol. The van der Waals surface area contributed by atoms with Crippen LogP contribution >= 0.6 is 0 Å². The van der Waals surface area contributed by atoms with Crippen molar-refractivity contribution in [1.29, 1.82) is 0 Å². The van der Waals surface area contributed by atoms with Gasteiger partial charge < -0.3 is 4.90 Å². The van der Waals surface area contributed by atoms with E-state index < -0.39 is 36.1 Å². The third kappa shape index (κ3) is 4.68. The molecule has 160 valence electrons. The first-order chi connectivity index (χ1) is 14.2. The van der Waals surface area contributed by atoms with Gasteiger partial charge >= 0.3 is 0 Å². The zero-order valence-electron chi connectivity index (χ0n) is 16.1. The van der Waals surface area contributed by atoms with Crippen LogP contribution in [-0.2, 0) is 16.6 Å². The lowest BCUT2D eigenvalue weighted by molar-refractivity contribution is -0.395. The molecule has 1 aliphatic rings. The van der Waals surface area contributed by atoms with E-state index in [9.17, 15) is 28.6 Å². The molecule has 1 N–H and O–H groups in total. The topological polar surface area (TPSA) is 161 Å². The van der Waals surface area contributed by atoms with Gasteiger partial charge in [0.05, 0.1) is 21.3 Å². The molecule has 0 radical (unpaired) electrons. The van der Waals surface area contributed by atoms with Gasteiger partial charge in [-0.15, -0.1) is 0 Å². The molecule has 3 rings (SSSR count). The van der Waals surface area contributed by atoms with Gasteiger partial charge in [0.25, 0.3) is 11.4 Å². The van der Waals surface area contributed by atoms with Crippen molar-refractivity contribution in [3.8, 4) is 0 Å². The predicted molar refractivity (Wildman–Crippen MR) is 107 cm³/mol. The summed E-state index contributed by atoms with van der Waals surface area (Å²) < 4.78 is 27.5. The maximum Gasteiger partial charge on any atom is 0.280 e. The third-order valence-corrected chi connectivity index (χ3v) is 6.20. The van der Waals surface area contributed by atoms with Crippen molar-refractivity contribution >= 4 is 27.2 Å². The Morgan fingerprint density at radius 3 is 2.27 bits per heavy atom. The number of nitro benzene ring substituents is 2. The molecule has 0 amide bonds. The van der Waals surface area contributed by atoms with Crippen LogP contribution in [0.25, 0.3) is 0 Å². The predicted octanol–water partition coefficient (Wildman–Crippen LogP) is 2.07. The molecular weight excluding hydrogens is 416 g/mol. The van der Waals surface area contributed by atoms with Crippen LogP contribution in [0.5, 0.6) is 0 Å². The van der Waals surface area contributed by atoms with E-state index in [4.69, 9.17) is 0 Å². The van der Waals surface area contributed by atoms with Gasteiger partial charge in [-0.05, 0) is 32.3 Å². The molecule has 0 bridgehead atoms. The van der Waals surface area contributed by atoms with Crippen LogP contribution < -0.4 is 9.62 Å². The maximum absolute atomic E-state index is 12.6. The Hall–Kier alpha value is -3.19. The van der Waals surface area contributed by atoms with Crippen LogP contribution in [0.2, 0.25) is 0 Å². The van der Waals surface area contributed by atoms with Gasteiger partial charge in [0.2, 0.25) is 10.0 Å². The fraction of sp³-hybridized carbons (Fsp3) is 0.412. The maximum atomic E-state index is 12.6. The largest absolute Gasteiger partial charge is 0.357 e. The number of hydrogen-bond donors (Lipinski definition) is 1. The fourth-order valence-corrected chi connectivity index (χ4v) is 4.23. The second kappa shape index (κ2) is 8.67. The molecule has 0 saturated carbocycles. The van der Waals surface area contributed by atoms with Gasteiger partial charge in [0.1, 0.15) is 17.2 Å². The molecule has 2 aromatic rings. The van der Waals surface area contributed by atoms with Crippen molar-refractivity contribution in [2.45, 2.75) is 37.6 Å². The smallest absolute Gasteiger partial charge is 0.280 e. The van der Waals surface area contributed by atoms with Gasteiger partial charge in [0, 0.05) is 31.4 Å². The number of sulfonamides is 1. The molecule has 0 unspecified atom stereocenters. The van der Waals surface area contributed by atoms with E-state index in [1.54, 1.807) is 6.07 Å². The van der Waals surface area contributed by atoms with Crippen LogP contribution in [-0.4, -0.2) is 41.3 Å². The highest BCUT2D eigenvalue weighted by Gasteiger charge is 2.28. The summed E-state index contributed by atoms with van der Waals surface area (Å²) in [6, 6.07) is 3.35. The van der Waals surface area contributed by atoms with Crippen molar-refractivity contribution in [1.82, 2.24) is 14.7 Å². The molecule has 1 aromatic carbocycles. The van der Waals surface area contributed by atoms with Crippen molar-refractivity contribution in [3.63, 3.8) is 0 Å². The van der Waals surface area contributed by atoms with E-state index in [2.05, 4.69) is 19.6 Å². The van der Waals surface area contributed by atoms with E-state index in [0.717, 1.165) is 44.5 Å². The molecule has 0 spiro atoms. The Labute approximate surface area is 172 Å². The molecule has 1 fully saturated rings. The normalized spacial score (nSPS) is 14.5. The highest BCUT2D eigenvalue weighted by molar-refractivity contribution is 7.89. The van der Waals surface area contributed by atoms with Crippen LogP contribution in [0, 0.1) is 27.2 Å². The van der Waals surface area contributed by atoms with Crippen molar-refractivity contribution in [3.05, 3.63) is 56.0 Å². The Kier molecular flexibility index (Phi) is 6.22. The number of nitrogens with zero attached hydrogens (tertiary/aromatic N) is 5. The lowest BCUT2D eigenvalue weighted by Crippen LogP contribution is -2.31. The summed E-state index contributed by atoms with van der Waals surface area (Å²) in [5, 5.41) is 22.4. The highest BCUT2D eigenvalue weighted by Crippen LogP contribution is 2.31. The average molecular weight is 436 g/mol. The molecule has 1 saturated heterocycles. The highest BCUT2D eigenvalue weighted by atomic mass is 32.2. The molecular formula is C17H20N6O6S. The second-order valence-electron chi connectivity index (χ2n) is 6.80. The first-order valence-electron chi connectivity index (χ1n) is 9.19. The molecule has 0 atom stereocenters. The van der Waals surface area contributed by atoms with E-state index in [1.165, 1.54) is 13.1 Å². The molecule has 30 heavy (non-hydrogen) atoms. The van der Waals surface area contributed by atoms with E-state index in [0.29, 0.717) is 5.82 Å². The lowest BCUT2D eigenvalue weighted by atomic mass is 10.1. The molecule has 13 heteroatoms. The third-order valence-electron chi connectivity index (χ3n) is 4.82. The molecule has 2 heterocycles. The lowest BCUT2D eigenvalue weighted by Gasteiger charge is -2.27. The number of rotatable bonds is 7. The van der Waals surface area contributed by atoms with Gasteiger partial charge in [-0.3, -0.25) is 20.2 Å². The van der Waals surface area contributed by atoms with E-state index in [1.807, 2.05) is 0 Å². The average Bonchev–Trinajstić information content (AvgIpc) is 2.73. The minimum atomic E-state index is -4.28. The van der Waals surface area contributed by atoms with Crippen LogP contribution in [0.1, 0.15) is 30.7 Å². The SMILES string of the molecule is Cc1c([N+](=O)[O-])cc(S(=O)(=O)NCc2nccc(N3CCCCC3)n2)cc1[N+](=O)[O-]. The summed E-state index contributed by atoms with van der Waals surface area (Å²) in [6.45, 7) is 2.65. The molecule has 12 nitrogen and oxygen atoms in total. The first kappa shape index (κ1) is 21.5. The first-order valence-corrected chi connectivity index (χ1v) is 10.7. The molecule has 1 aliphatic heterocycles. The number of nitrogens with one attached hydrogen (secondary N) is 1. The number of nitro groups is 2. The minimum Gasteiger partial charge on any atom is -0.357 e. The summed E-state index contributed by atoms with van der Waals surface area (Å²) in [4.78, 5) is 30.6. The van der Waals surface area contributed by atoms with Crippen LogP contribution in [0.3, 0.4) is 0 Å². The summed E-state index contributed by atoms with van der Waals surface area (Å²) in [6.07, 6.45) is 4.79. The van der Waals surface area contributed by atoms with Crippen molar-refractivity contribution < 1.29 is 18.3 Å². The number of piperidine rings is 1. The number of anilines is 1. The van der Waals surface area contributed by atoms with E-state index in [-0.39, 0.29) is 17.9 Å². The van der Waals surface area contributed by atoms with Crippen molar-refractivity contribution in [2.24, 2.45) is 0 Å². The number of aromatic nitrogens is 2. The van der Waals surface area contributed by atoms with Gasteiger partial charge in [0.15, 0.2) is 0 Å². The summed E-state index contributed by atoms with van der Waals surface area (Å²) in [7, 11) is -4.28. The standard InChI is InChI=1S/C17H20N6O6S/c1-12-14(22(24)25)9-13(10-15(12)23(26)27)30(28,29)19-11-16-18-6-5-17(20-16)21-7-3-2-4-8-21/h5-6,9-10,19H,2-4,7-8,11H2,1H3. The van der Waals surface area contributed by atoms with E-state index >= 15 is 0 Å². The Balaban J connectivity index is 1.84. The van der Waals surface area contributed by atoms with Gasteiger partial charge in [-0.1, -0.05) is 0 Å². The summed E-state index contributed by atoms with van der Waals surface area (Å²) in [5.41, 5.74) is -1.51. The van der Waals surface area contributed by atoms with Gasteiger partial charge in [-0.2, -0.15) is 0 Å². The quantitative estimate of drug-likeness (QED) is 0.506. The second-order valence-corrected chi connectivity index (χ2v) is 8.57. The van der Waals surface area contributed by atoms with Crippen molar-refractivity contribution in [2.75, 3.05) is 18.0 Å². The number of benzene rings is 1. The van der Waals surface area contributed by atoms with Crippen LogP contribution in [0.4, 0.5) is 17.2 Å².